The summed E-state index contributed by atoms with van der Waals surface area (Å²) >= 11 is 0. The first kappa shape index (κ1) is 22.0. The number of rotatable bonds is 6. The zero-order valence-corrected chi connectivity index (χ0v) is 18.0. The van der Waals surface area contributed by atoms with Gasteiger partial charge in [0.1, 0.15) is 0 Å². The lowest BCUT2D eigenvalue weighted by Crippen LogP contribution is -2.35. The number of benzene rings is 2. The second-order valence-corrected chi connectivity index (χ2v) is 9.32. The molecule has 160 valence electrons. The van der Waals surface area contributed by atoms with E-state index in [0.717, 1.165) is 30.4 Å². The molecule has 0 saturated carbocycles. The van der Waals surface area contributed by atoms with E-state index >= 15 is 0 Å². The van der Waals surface area contributed by atoms with Crippen LogP contribution in [-0.4, -0.2) is 44.3 Å². The van der Waals surface area contributed by atoms with Gasteiger partial charge < -0.3 is 10.1 Å². The van der Waals surface area contributed by atoms with Crippen LogP contribution in [0.1, 0.15) is 40.7 Å². The Hall–Kier alpha value is -2.71. The number of amides is 1. The van der Waals surface area contributed by atoms with E-state index < -0.39 is 28.5 Å². The van der Waals surface area contributed by atoms with Gasteiger partial charge in [0, 0.05) is 18.8 Å². The van der Waals surface area contributed by atoms with E-state index in [1.54, 1.807) is 0 Å². The number of hydrogen-bond acceptors (Lipinski definition) is 5. The quantitative estimate of drug-likeness (QED) is 0.710. The maximum atomic E-state index is 12.8. The highest BCUT2D eigenvalue weighted by molar-refractivity contribution is 7.89. The number of ether oxygens (including phenoxy) is 1. The van der Waals surface area contributed by atoms with Gasteiger partial charge in [0.05, 0.1) is 10.5 Å². The van der Waals surface area contributed by atoms with Crippen molar-refractivity contribution in [2.24, 2.45) is 0 Å². The van der Waals surface area contributed by atoms with Crippen LogP contribution in [0, 0.1) is 13.8 Å². The second-order valence-electron chi connectivity index (χ2n) is 7.38. The third-order valence-corrected chi connectivity index (χ3v) is 7.00. The van der Waals surface area contributed by atoms with Crippen LogP contribution in [0.25, 0.3) is 0 Å². The van der Waals surface area contributed by atoms with Crippen LogP contribution in [0.15, 0.2) is 47.4 Å². The molecule has 7 nitrogen and oxygen atoms in total. The molecule has 3 rings (SSSR count). The summed E-state index contributed by atoms with van der Waals surface area (Å²) in [4.78, 5) is 24.6. The first-order valence-corrected chi connectivity index (χ1v) is 11.4. The van der Waals surface area contributed by atoms with E-state index in [1.165, 1.54) is 28.6 Å². The average molecular weight is 431 g/mol. The van der Waals surface area contributed by atoms with Gasteiger partial charge in [-0.3, -0.25) is 4.79 Å². The molecule has 0 atom stereocenters. The molecule has 0 aromatic heterocycles. The molecule has 1 aliphatic rings. The predicted molar refractivity (Wildman–Crippen MR) is 114 cm³/mol. The zero-order valence-electron chi connectivity index (χ0n) is 17.2. The Morgan fingerprint density at radius 2 is 1.63 bits per heavy atom. The standard InChI is InChI=1S/C22H26N2O5S/c1-16-8-6-9-17(2)21(16)23-20(25)15-29-22(26)18-10-7-11-19(14-18)30(27,28)24-12-4-3-5-13-24/h6-11,14H,3-5,12-13,15H2,1-2H3,(H,23,25). The van der Waals surface area contributed by atoms with Crippen molar-refractivity contribution in [3.8, 4) is 0 Å². The minimum Gasteiger partial charge on any atom is -0.452 e. The molecule has 30 heavy (non-hydrogen) atoms. The first-order chi connectivity index (χ1) is 14.3. The fourth-order valence-corrected chi connectivity index (χ4v) is 5.00. The Kier molecular flexibility index (Phi) is 6.89. The summed E-state index contributed by atoms with van der Waals surface area (Å²) in [6.45, 7) is 4.26. The number of carbonyl (C=O) groups excluding carboxylic acids is 2. The molecular formula is C22H26N2O5S. The highest BCUT2D eigenvalue weighted by Gasteiger charge is 2.26. The molecule has 2 aromatic rings. The van der Waals surface area contributed by atoms with E-state index in [0.29, 0.717) is 18.8 Å². The molecule has 0 unspecified atom stereocenters. The smallest absolute Gasteiger partial charge is 0.338 e. The van der Waals surface area contributed by atoms with Crippen molar-refractivity contribution in [2.75, 3.05) is 25.0 Å². The van der Waals surface area contributed by atoms with Gasteiger partial charge in [-0.25, -0.2) is 13.2 Å². The van der Waals surface area contributed by atoms with Crippen LogP contribution in [0.5, 0.6) is 0 Å². The number of para-hydroxylation sites is 1. The Bertz CT molecular complexity index is 1020. The number of sulfonamides is 1. The van der Waals surface area contributed by atoms with Gasteiger partial charge in [-0.15, -0.1) is 0 Å². The number of esters is 1. The number of aryl methyl sites for hydroxylation is 2. The van der Waals surface area contributed by atoms with Crippen LogP contribution in [0.4, 0.5) is 5.69 Å². The van der Waals surface area contributed by atoms with Crippen LogP contribution < -0.4 is 5.32 Å². The third kappa shape index (κ3) is 5.06. The Morgan fingerprint density at radius 3 is 2.30 bits per heavy atom. The summed E-state index contributed by atoms with van der Waals surface area (Å²) in [7, 11) is -3.65. The molecule has 1 saturated heterocycles. The number of nitrogens with zero attached hydrogens (tertiary/aromatic N) is 1. The number of nitrogens with one attached hydrogen (secondary N) is 1. The SMILES string of the molecule is Cc1cccc(C)c1NC(=O)COC(=O)c1cccc(S(=O)(=O)N2CCCCC2)c1. The molecule has 1 fully saturated rings. The van der Waals surface area contributed by atoms with Crippen LogP contribution in [-0.2, 0) is 19.6 Å². The molecule has 0 bridgehead atoms. The molecule has 1 N–H and O–H groups in total. The zero-order chi connectivity index (χ0) is 21.7. The maximum Gasteiger partial charge on any atom is 0.338 e. The summed E-state index contributed by atoms with van der Waals surface area (Å²) in [5, 5.41) is 2.75. The summed E-state index contributed by atoms with van der Waals surface area (Å²) in [6.07, 6.45) is 2.68. The lowest BCUT2D eigenvalue weighted by atomic mass is 10.1. The first-order valence-electron chi connectivity index (χ1n) is 9.92. The van der Waals surface area contributed by atoms with Gasteiger partial charge >= 0.3 is 5.97 Å². The number of carbonyl (C=O) groups is 2. The van der Waals surface area contributed by atoms with Crippen molar-refractivity contribution < 1.29 is 22.7 Å². The maximum absolute atomic E-state index is 12.8. The highest BCUT2D eigenvalue weighted by atomic mass is 32.2. The Morgan fingerprint density at radius 1 is 1.00 bits per heavy atom. The Balaban J connectivity index is 1.64. The minimum absolute atomic E-state index is 0.0545. The van der Waals surface area contributed by atoms with Crippen LogP contribution >= 0.6 is 0 Å². The van der Waals surface area contributed by atoms with Crippen molar-refractivity contribution >= 4 is 27.6 Å². The lowest BCUT2D eigenvalue weighted by Gasteiger charge is -2.25. The third-order valence-electron chi connectivity index (χ3n) is 5.10. The van der Waals surface area contributed by atoms with Gasteiger partial charge in [-0.05, 0) is 56.0 Å². The molecule has 8 heteroatoms. The molecular weight excluding hydrogens is 404 g/mol. The molecule has 1 heterocycles. The van der Waals surface area contributed by atoms with Crippen LogP contribution in [0.2, 0.25) is 0 Å². The van der Waals surface area contributed by atoms with Crippen LogP contribution in [0.3, 0.4) is 0 Å². The van der Waals surface area contributed by atoms with Gasteiger partial charge in [0.15, 0.2) is 6.61 Å². The normalized spacial score (nSPS) is 14.9. The van der Waals surface area contributed by atoms with Gasteiger partial charge in [0.2, 0.25) is 10.0 Å². The lowest BCUT2D eigenvalue weighted by molar-refractivity contribution is -0.119. The molecule has 0 spiro atoms. The average Bonchev–Trinajstić information content (AvgIpc) is 2.75. The van der Waals surface area contributed by atoms with Crippen molar-refractivity contribution in [2.45, 2.75) is 38.0 Å². The minimum atomic E-state index is -3.65. The predicted octanol–water partition coefficient (Wildman–Crippen LogP) is 3.27. The van der Waals surface area contributed by atoms with Crippen molar-refractivity contribution in [1.29, 1.82) is 0 Å². The second kappa shape index (κ2) is 9.40. The largest absolute Gasteiger partial charge is 0.452 e. The topological polar surface area (TPSA) is 92.8 Å². The molecule has 2 aromatic carbocycles. The van der Waals surface area contributed by atoms with Gasteiger partial charge in [0.25, 0.3) is 5.91 Å². The number of piperidine rings is 1. The van der Waals surface area contributed by atoms with Gasteiger partial charge in [-0.1, -0.05) is 30.7 Å². The fraction of sp³-hybridized carbons (Fsp3) is 0.364. The fourth-order valence-electron chi connectivity index (χ4n) is 3.44. The number of hydrogen-bond donors (Lipinski definition) is 1. The Labute approximate surface area is 177 Å². The van der Waals surface area contributed by atoms with Crippen molar-refractivity contribution in [3.63, 3.8) is 0 Å². The highest BCUT2D eigenvalue weighted by Crippen LogP contribution is 2.22. The van der Waals surface area contributed by atoms with Crippen molar-refractivity contribution in [3.05, 3.63) is 59.2 Å². The summed E-state index contributed by atoms with van der Waals surface area (Å²) in [5.74, 6) is -1.21. The molecule has 1 amide bonds. The van der Waals surface area contributed by atoms with E-state index in [2.05, 4.69) is 5.32 Å². The summed E-state index contributed by atoms with van der Waals surface area (Å²) in [5.41, 5.74) is 2.59. The molecule has 1 aliphatic heterocycles. The summed E-state index contributed by atoms with van der Waals surface area (Å²) < 4.78 is 32.1. The molecule has 0 radical (unpaired) electrons. The van der Waals surface area contributed by atoms with E-state index in [4.69, 9.17) is 4.74 Å². The molecule has 0 aliphatic carbocycles. The van der Waals surface area contributed by atoms with Crippen molar-refractivity contribution in [1.82, 2.24) is 4.31 Å². The van der Waals surface area contributed by atoms with E-state index in [1.807, 2.05) is 32.0 Å². The summed E-state index contributed by atoms with van der Waals surface area (Å²) in [6, 6.07) is 11.4. The van der Waals surface area contributed by atoms with E-state index in [-0.39, 0.29) is 10.5 Å². The number of anilines is 1. The van der Waals surface area contributed by atoms with Gasteiger partial charge in [-0.2, -0.15) is 4.31 Å². The monoisotopic (exact) mass is 430 g/mol. The van der Waals surface area contributed by atoms with E-state index in [9.17, 15) is 18.0 Å².